The first-order chi connectivity index (χ1) is 15.9. The van der Waals surface area contributed by atoms with Gasteiger partial charge in [-0.15, -0.1) is 0 Å². The summed E-state index contributed by atoms with van der Waals surface area (Å²) in [6, 6.07) is 12.0. The fraction of sp³-hybridized carbons (Fsp3) is 0.481. The molecule has 1 spiro atoms. The highest BCUT2D eigenvalue weighted by molar-refractivity contribution is 6.30. The molecule has 1 aromatic heterocycles. The summed E-state index contributed by atoms with van der Waals surface area (Å²) < 4.78 is 6.08. The van der Waals surface area contributed by atoms with Crippen LogP contribution in [-0.2, 0) is 12.0 Å². The minimum Gasteiger partial charge on any atom is -0.462 e. The average Bonchev–Trinajstić information content (AvgIpc) is 3.40. The molecule has 6 heteroatoms. The minimum atomic E-state index is 0.0631. The van der Waals surface area contributed by atoms with Crippen LogP contribution in [0.3, 0.4) is 0 Å². The molecular formula is C27H31ClN4O. The first kappa shape index (κ1) is 21.2. The number of benzene rings is 2. The maximum atomic E-state index is 6.78. The van der Waals surface area contributed by atoms with E-state index in [-0.39, 0.29) is 5.41 Å². The van der Waals surface area contributed by atoms with E-state index < -0.39 is 0 Å². The molecule has 0 N–H and O–H groups in total. The fourth-order valence-electron chi connectivity index (χ4n) is 5.91. The summed E-state index contributed by atoms with van der Waals surface area (Å²) in [6.45, 7) is 7.82. The van der Waals surface area contributed by atoms with E-state index in [0.717, 1.165) is 50.2 Å². The van der Waals surface area contributed by atoms with Gasteiger partial charge in [0.05, 0.1) is 12.2 Å². The van der Waals surface area contributed by atoms with Crippen LogP contribution in [0.5, 0.6) is 6.01 Å². The van der Waals surface area contributed by atoms with Crippen LogP contribution in [0.4, 0.5) is 5.69 Å². The summed E-state index contributed by atoms with van der Waals surface area (Å²) in [4.78, 5) is 14.4. The van der Waals surface area contributed by atoms with Crippen molar-refractivity contribution in [3.05, 3.63) is 57.9 Å². The molecule has 0 radical (unpaired) electrons. The van der Waals surface area contributed by atoms with Crippen LogP contribution in [0.25, 0.3) is 10.8 Å². The van der Waals surface area contributed by atoms with Crippen molar-refractivity contribution in [2.45, 2.75) is 57.5 Å². The van der Waals surface area contributed by atoms with Crippen molar-refractivity contribution in [1.29, 1.82) is 0 Å². The molecule has 1 atom stereocenters. The van der Waals surface area contributed by atoms with E-state index in [1.54, 1.807) is 0 Å². The average molecular weight is 463 g/mol. The second-order valence-electron chi connectivity index (χ2n) is 10.3. The molecule has 2 fully saturated rings. The lowest BCUT2D eigenvalue weighted by molar-refractivity contribution is 0.187. The minimum absolute atomic E-state index is 0.0631. The largest absolute Gasteiger partial charge is 0.462 e. The molecule has 0 bridgehead atoms. The highest BCUT2D eigenvalue weighted by Crippen LogP contribution is 2.55. The van der Waals surface area contributed by atoms with Gasteiger partial charge in [-0.2, -0.15) is 9.97 Å². The predicted octanol–water partition coefficient (Wildman–Crippen LogP) is 5.42. The standard InChI is InChI=1S/C27H31ClN4O/c1-17-12-19-7-4-6-18(2)23(19)22(13-17)32-14-21-24(27(16-32)9-10-27)25(28)30-26(29-21)33-15-20-8-5-11-31(20)3/h4,6-7,12-13,20H,5,8-11,14-16H2,1-3H3/t20-/m0/s1. The number of anilines is 1. The first-order valence-electron chi connectivity index (χ1n) is 12.1. The SMILES string of the molecule is Cc1cc(N2Cc3nc(OC[C@@H]4CCCN4C)nc(Cl)c3C3(CC3)C2)c2c(C)cccc2c1. The highest BCUT2D eigenvalue weighted by atomic mass is 35.5. The molecule has 2 aromatic carbocycles. The third-order valence-corrected chi connectivity index (χ3v) is 8.14. The summed E-state index contributed by atoms with van der Waals surface area (Å²) in [5, 5.41) is 3.21. The van der Waals surface area contributed by atoms with Gasteiger partial charge in [0.2, 0.25) is 0 Å². The summed E-state index contributed by atoms with van der Waals surface area (Å²) in [5.74, 6) is 0. The Bertz CT molecular complexity index is 1240. The second kappa shape index (κ2) is 7.85. The van der Waals surface area contributed by atoms with E-state index in [2.05, 4.69) is 66.0 Å². The van der Waals surface area contributed by atoms with Gasteiger partial charge in [-0.25, -0.2) is 0 Å². The lowest BCUT2D eigenvalue weighted by Gasteiger charge is -2.37. The molecular weight excluding hydrogens is 432 g/mol. The molecule has 172 valence electrons. The van der Waals surface area contributed by atoms with Crippen LogP contribution in [0.15, 0.2) is 30.3 Å². The van der Waals surface area contributed by atoms with Gasteiger partial charge >= 0.3 is 6.01 Å². The maximum Gasteiger partial charge on any atom is 0.318 e. The van der Waals surface area contributed by atoms with Crippen molar-refractivity contribution in [2.24, 2.45) is 0 Å². The summed E-state index contributed by atoms with van der Waals surface area (Å²) >= 11 is 6.78. The zero-order valence-electron chi connectivity index (χ0n) is 19.7. The molecule has 0 unspecified atom stereocenters. The van der Waals surface area contributed by atoms with Crippen LogP contribution in [0.1, 0.15) is 48.1 Å². The molecule has 3 heterocycles. The molecule has 3 aliphatic rings. The zero-order chi connectivity index (χ0) is 22.7. The monoisotopic (exact) mass is 462 g/mol. The second-order valence-corrected chi connectivity index (χ2v) is 10.7. The number of nitrogens with zero attached hydrogens (tertiary/aromatic N) is 4. The normalized spacial score (nSPS) is 21.6. The van der Waals surface area contributed by atoms with Crippen molar-refractivity contribution in [3.8, 4) is 6.01 Å². The highest BCUT2D eigenvalue weighted by Gasteiger charge is 2.52. The number of hydrogen-bond donors (Lipinski definition) is 0. The van der Waals surface area contributed by atoms with Crippen molar-refractivity contribution in [3.63, 3.8) is 0 Å². The van der Waals surface area contributed by atoms with Gasteiger partial charge in [-0.3, -0.25) is 0 Å². The molecule has 33 heavy (non-hydrogen) atoms. The Hall–Kier alpha value is -2.37. The Morgan fingerprint density at radius 2 is 2.03 bits per heavy atom. The lowest BCUT2D eigenvalue weighted by atomic mass is 9.89. The molecule has 6 rings (SSSR count). The quantitative estimate of drug-likeness (QED) is 0.484. The van der Waals surface area contributed by atoms with Gasteiger partial charge in [-0.05, 0) is 75.7 Å². The van der Waals surface area contributed by atoms with Crippen molar-refractivity contribution in [1.82, 2.24) is 14.9 Å². The molecule has 3 aromatic rings. The van der Waals surface area contributed by atoms with Crippen LogP contribution < -0.4 is 9.64 Å². The van der Waals surface area contributed by atoms with Crippen molar-refractivity contribution in [2.75, 3.05) is 31.6 Å². The zero-order valence-corrected chi connectivity index (χ0v) is 20.5. The number of aromatic nitrogens is 2. The van der Waals surface area contributed by atoms with Gasteiger partial charge in [0.15, 0.2) is 0 Å². The van der Waals surface area contributed by atoms with E-state index in [0.29, 0.717) is 23.8 Å². The van der Waals surface area contributed by atoms with E-state index in [9.17, 15) is 0 Å². The van der Waals surface area contributed by atoms with E-state index >= 15 is 0 Å². The Morgan fingerprint density at radius 3 is 2.79 bits per heavy atom. The molecule has 1 saturated carbocycles. The third-order valence-electron chi connectivity index (χ3n) is 7.86. The van der Waals surface area contributed by atoms with Gasteiger partial charge in [0.1, 0.15) is 11.8 Å². The summed E-state index contributed by atoms with van der Waals surface area (Å²) in [7, 11) is 2.16. The first-order valence-corrected chi connectivity index (χ1v) is 12.5. The van der Waals surface area contributed by atoms with Crippen LogP contribution in [0, 0.1) is 13.8 Å². The maximum absolute atomic E-state index is 6.78. The number of halogens is 1. The number of ether oxygens (including phenoxy) is 1. The van der Waals surface area contributed by atoms with Crippen LogP contribution in [-0.4, -0.2) is 47.7 Å². The number of likely N-dealkylation sites (N-methyl/N-ethyl adjacent to an activating group) is 1. The molecule has 0 amide bonds. The fourth-order valence-corrected chi connectivity index (χ4v) is 6.30. The lowest BCUT2D eigenvalue weighted by Crippen LogP contribution is -2.39. The van der Waals surface area contributed by atoms with Gasteiger partial charge in [-0.1, -0.05) is 35.9 Å². The van der Waals surface area contributed by atoms with E-state index in [1.165, 1.54) is 34.0 Å². The topological polar surface area (TPSA) is 41.5 Å². The van der Waals surface area contributed by atoms with Crippen molar-refractivity contribution >= 4 is 28.1 Å². The van der Waals surface area contributed by atoms with Gasteiger partial charge in [0.25, 0.3) is 0 Å². The Morgan fingerprint density at radius 1 is 1.18 bits per heavy atom. The van der Waals surface area contributed by atoms with E-state index in [1.807, 2.05) is 0 Å². The Balaban J connectivity index is 1.37. The number of hydrogen-bond acceptors (Lipinski definition) is 5. The smallest absolute Gasteiger partial charge is 0.318 e. The van der Waals surface area contributed by atoms with E-state index in [4.69, 9.17) is 21.3 Å². The van der Waals surface area contributed by atoms with Crippen molar-refractivity contribution < 1.29 is 4.74 Å². The molecule has 1 saturated heterocycles. The van der Waals surface area contributed by atoms with Crippen LogP contribution in [0.2, 0.25) is 5.15 Å². The Labute approximate surface area is 200 Å². The number of aryl methyl sites for hydroxylation is 2. The molecule has 5 nitrogen and oxygen atoms in total. The third kappa shape index (κ3) is 3.66. The summed E-state index contributed by atoms with van der Waals surface area (Å²) in [6.07, 6.45) is 4.65. The summed E-state index contributed by atoms with van der Waals surface area (Å²) in [5.41, 5.74) is 6.13. The Kier molecular flexibility index (Phi) is 5.04. The predicted molar refractivity (Wildman–Crippen MR) is 134 cm³/mol. The number of likely N-dealkylation sites (tertiary alicyclic amines) is 1. The number of rotatable bonds is 4. The van der Waals surface area contributed by atoms with Gasteiger partial charge in [0, 0.05) is 34.6 Å². The van der Waals surface area contributed by atoms with Gasteiger partial charge < -0.3 is 14.5 Å². The molecule has 1 aliphatic carbocycles. The van der Waals surface area contributed by atoms with Crippen LogP contribution >= 0.6 is 11.6 Å². The number of fused-ring (bicyclic) bond motifs is 3. The molecule has 2 aliphatic heterocycles.